The summed E-state index contributed by atoms with van der Waals surface area (Å²) in [5.41, 5.74) is 0. The number of rotatable bonds is 65. The lowest BCUT2D eigenvalue weighted by Gasteiger charge is -2.18. The van der Waals surface area contributed by atoms with Crippen molar-refractivity contribution in [3.8, 4) is 0 Å². The lowest BCUT2D eigenvalue weighted by molar-refractivity contribution is -0.167. The molecule has 0 amide bonds. The molecule has 0 saturated carbocycles. The summed E-state index contributed by atoms with van der Waals surface area (Å²) in [5, 5.41) is 0. The number of allylic oxidation sites excluding steroid dienone is 16. The largest absolute Gasteiger partial charge is 0.462 e. The molecule has 0 spiro atoms. The topological polar surface area (TPSA) is 78.9 Å². The first-order valence-corrected chi connectivity index (χ1v) is 35.7. The molecular weight excluding hydrogens is 1020 g/mol. The van der Waals surface area contributed by atoms with E-state index in [4.69, 9.17) is 14.2 Å². The first-order valence-electron chi connectivity index (χ1n) is 35.7. The first-order chi connectivity index (χ1) is 41.0. The number of unbranched alkanes of at least 4 members (excludes halogenated alkanes) is 38. The smallest absolute Gasteiger partial charge is 0.306 e. The van der Waals surface area contributed by atoms with Gasteiger partial charge in [-0.3, -0.25) is 14.4 Å². The van der Waals surface area contributed by atoms with E-state index in [0.717, 1.165) is 89.9 Å². The zero-order valence-electron chi connectivity index (χ0n) is 54.9. The minimum absolute atomic E-state index is 0.0976. The number of carbonyl (C=O) groups is 3. The molecule has 0 aliphatic carbocycles. The van der Waals surface area contributed by atoms with E-state index >= 15 is 0 Å². The van der Waals surface area contributed by atoms with Gasteiger partial charge < -0.3 is 14.2 Å². The zero-order valence-corrected chi connectivity index (χ0v) is 54.9. The summed E-state index contributed by atoms with van der Waals surface area (Å²) < 4.78 is 16.8. The number of ether oxygens (including phenoxy) is 3. The minimum Gasteiger partial charge on any atom is -0.462 e. The second-order valence-electron chi connectivity index (χ2n) is 23.8. The third kappa shape index (κ3) is 69.0. The third-order valence-corrected chi connectivity index (χ3v) is 15.6. The van der Waals surface area contributed by atoms with Crippen molar-refractivity contribution in [2.75, 3.05) is 13.2 Å². The Balaban J connectivity index is 4.05. The molecule has 6 heteroatoms. The number of esters is 3. The lowest BCUT2D eigenvalue weighted by atomic mass is 10.0. The van der Waals surface area contributed by atoms with Gasteiger partial charge in [0.15, 0.2) is 6.10 Å². The van der Waals surface area contributed by atoms with Crippen molar-refractivity contribution < 1.29 is 28.6 Å². The molecule has 0 aromatic rings. The Morgan fingerprint density at radius 2 is 0.482 bits per heavy atom. The zero-order chi connectivity index (χ0) is 59.9. The molecule has 0 radical (unpaired) electrons. The molecule has 478 valence electrons. The number of carbonyl (C=O) groups excluding carboxylic acids is 3. The van der Waals surface area contributed by atoms with Gasteiger partial charge in [0.05, 0.1) is 0 Å². The Kier molecular flexibility index (Phi) is 67.7. The Morgan fingerprint density at radius 1 is 0.253 bits per heavy atom. The maximum absolute atomic E-state index is 12.9. The molecule has 6 nitrogen and oxygen atoms in total. The molecule has 0 N–H and O–H groups in total. The lowest BCUT2D eigenvalue weighted by Crippen LogP contribution is -2.30. The van der Waals surface area contributed by atoms with Crippen LogP contribution in [0.1, 0.15) is 355 Å². The molecule has 1 unspecified atom stereocenters. The van der Waals surface area contributed by atoms with Crippen LogP contribution in [0.2, 0.25) is 0 Å². The molecule has 83 heavy (non-hydrogen) atoms. The van der Waals surface area contributed by atoms with Gasteiger partial charge in [-0.1, -0.05) is 336 Å². The number of hydrogen-bond donors (Lipinski definition) is 0. The highest BCUT2D eigenvalue weighted by Crippen LogP contribution is 2.18. The molecule has 0 aromatic carbocycles. The van der Waals surface area contributed by atoms with E-state index in [1.165, 1.54) is 218 Å². The average molecular weight is 1160 g/mol. The number of hydrogen-bond acceptors (Lipinski definition) is 6. The van der Waals surface area contributed by atoms with Crippen LogP contribution in [0, 0.1) is 0 Å². The van der Waals surface area contributed by atoms with E-state index in [-0.39, 0.29) is 37.5 Å². The van der Waals surface area contributed by atoms with Crippen LogP contribution in [0.15, 0.2) is 97.2 Å². The van der Waals surface area contributed by atoms with Gasteiger partial charge in [-0.25, -0.2) is 0 Å². The second kappa shape index (κ2) is 70.8. The highest BCUT2D eigenvalue weighted by molar-refractivity contribution is 5.71. The van der Waals surface area contributed by atoms with E-state index in [0.29, 0.717) is 19.3 Å². The highest BCUT2D eigenvalue weighted by Gasteiger charge is 2.19. The molecule has 0 aliphatic rings. The Bertz CT molecular complexity index is 1610. The van der Waals surface area contributed by atoms with Crippen molar-refractivity contribution in [3.63, 3.8) is 0 Å². The van der Waals surface area contributed by atoms with E-state index in [2.05, 4.69) is 118 Å². The predicted octanol–water partition coefficient (Wildman–Crippen LogP) is 24.8. The van der Waals surface area contributed by atoms with E-state index in [1.807, 2.05) is 0 Å². The van der Waals surface area contributed by atoms with Gasteiger partial charge in [0, 0.05) is 19.3 Å². The summed E-state index contributed by atoms with van der Waals surface area (Å²) in [6.07, 6.45) is 96.4. The van der Waals surface area contributed by atoms with Crippen LogP contribution in [0.4, 0.5) is 0 Å². The molecule has 0 aliphatic heterocycles. The van der Waals surface area contributed by atoms with Gasteiger partial charge in [0.2, 0.25) is 0 Å². The average Bonchev–Trinajstić information content (AvgIpc) is 3.50. The molecule has 0 fully saturated rings. The summed E-state index contributed by atoms with van der Waals surface area (Å²) in [6, 6.07) is 0. The molecule has 0 rings (SSSR count). The summed E-state index contributed by atoms with van der Waals surface area (Å²) in [5.74, 6) is -0.953. The van der Waals surface area contributed by atoms with E-state index < -0.39 is 6.10 Å². The second-order valence-corrected chi connectivity index (χ2v) is 23.8. The van der Waals surface area contributed by atoms with Crippen molar-refractivity contribution in [3.05, 3.63) is 97.2 Å². The fraction of sp³-hybridized carbons (Fsp3) is 0.753. The molecule has 0 heterocycles. The Morgan fingerprint density at radius 3 is 0.783 bits per heavy atom. The van der Waals surface area contributed by atoms with Gasteiger partial charge in [-0.15, -0.1) is 0 Å². The summed E-state index contributed by atoms with van der Waals surface area (Å²) in [4.78, 5) is 38.1. The Hall–Kier alpha value is -3.67. The van der Waals surface area contributed by atoms with Crippen molar-refractivity contribution in [1.82, 2.24) is 0 Å². The van der Waals surface area contributed by atoms with Crippen molar-refractivity contribution >= 4 is 17.9 Å². The van der Waals surface area contributed by atoms with Crippen molar-refractivity contribution in [1.29, 1.82) is 0 Å². The van der Waals surface area contributed by atoms with Crippen LogP contribution < -0.4 is 0 Å². The van der Waals surface area contributed by atoms with Gasteiger partial charge in [-0.2, -0.15) is 0 Å². The highest BCUT2D eigenvalue weighted by atomic mass is 16.6. The SMILES string of the molecule is CC/C=C\C/C=C\C/C=C\C/C=C\C/C=C\C/C=C\C/C=C\CCCC(=O)OC(COC(=O)CCCCCCCCC)COC(=O)CCCCCCCCCCCCCCCCCCCCCCCCC/C=C\CCCCCCCCCC. The van der Waals surface area contributed by atoms with Gasteiger partial charge >= 0.3 is 17.9 Å². The monoisotopic (exact) mass is 1160 g/mol. The first kappa shape index (κ1) is 79.3. The maximum Gasteiger partial charge on any atom is 0.306 e. The van der Waals surface area contributed by atoms with Crippen molar-refractivity contribution in [2.45, 2.75) is 361 Å². The normalized spacial score (nSPS) is 12.7. The van der Waals surface area contributed by atoms with Crippen LogP contribution in [0.25, 0.3) is 0 Å². The molecule has 0 aromatic heterocycles. The van der Waals surface area contributed by atoms with E-state index in [1.54, 1.807) is 0 Å². The van der Waals surface area contributed by atoms with Gasteiger partial charge in [0.1, 0.15) is 13.2 Å². The van der Waals surface area contributed by atoms with Crippen molar-refractivity contribution in [2.24, 2.45) is 0 Å². The minimum atomic E-state index is -0.806. The van der Waals surface area contributed by atoms with Crippen LogP contribution >= 0.6 is 0 Å². The summed E-state index contributed by atoms with van der Waals surface area (Å²) in [7, 11) is 0. The molecule has 1 atom stereocenters. The van der Waals surface area contributed by atoms with Crippen LogP contribution in [0.5, 0.6) is 0 Å². The maximum atomic E-state index is 12.9. The van der Waals surface area contributed by atoms with E-state index in [9.17, 15) is 14.4 Å². The fourth-order valence-electron chi connectivity index (χ4n) is 10.3. The molecule has 0 bridgehead atoms. The van der Waals surface area contributed by atoms with Gasteiger partial charge in [0.25, 0.3) is 0 Å². The van der Waals surface area contributed by atoms with Crippen LogP contribution in [0.3, 0.4) is 0 Å². The fourth-order valence-corrected chi connectivity index (χ4v) is 10.3. The molecular formula is C77H134O6. The van der Waals surface area contributed by atoms with Crippen LogP contribution in [-0.4, -0.2) is 37.2 Å². The van der Waals surface area contributed by atoms with Crippen LogP contribution in [-0.2, 0) is 28.6 Å². The summed E-state index contributed by atoms with van der Waals surface area (Å²) >= 11 is 0. The Labute approximate surface area is 515 Å². The summed E-state index contributed by atoms with van der Waals surface area (Å²) in [6.45, 7) is 6.47. The van der Waals surface area contributed by atoms with Gasteiger partial charge in [-0.05, 0) is 96.3 Å². The standard InChI is InChI=1S/C77H134O6/c1-4-7-10-13-16-18-20-22-24-26-28-30-32-33-34-35-36-37-38-39-40-41-42-43-45-46-48-50-52-54-56-58-61-64-67-70-76(79)82-73-74(72-81-75(78)69-66-63-60-15-12-9-6-3)83-77(80)71-68-65-62-59-57-55-53-51-49-47-44-31-29-27-25-23-21-19-17-14-11-8-5-2/h8,11,17,19,23,25-26,28-29,31,47,49,53,55,59,62,74H,4-7,9-10,12-16,18,20-22,24,27,30,32-46,48,50-52,54,56-58,60-61,63-73H2,1-3H3/b11-8-,19-17-,25-23-,28-26-,31-29-,49-47-,55-53-,62-59-. The predicted molar refractivity (Wildman–Crippen MR) is 362 cm³/mol. The molecule has 0 saturated heterocycles. The quantitative estimate of drug-likeness (QED) is 0.0261. The third-order valence-electron chi connectivity index (χ3n) is 15.6.